The highest BCUT2D eigenvalue weighted by Crippen LogP contribution is 2.42. The van der Waals surface area contributed by atoms with Gasteiger partial charge in [-0.25, -0.2) is 4.98 Å². The first-order valence-electron chi connectivity index (χ1n) is 11.2. The Kier molecular flexibility index (Phi) is 6.51. The molecule has 3 aromatic rings. The van der Waals surface area contributed by atoms with Gasteiger partial charge in [-0.05, 0) is 62.1 Å². The lowest BCUT2D eigenvalue weighted by atomic mass is 9.85. The third kappa shape index (κ3) is 4.78. The highest BCUT2D eigenvalue weighted by molar-refractivity contribution is 7.14. The van der Waals surface area contributed by atoms with Crippen molar-refractivity contribution < 1.29 is 14.3 Å². The summed E-state index contributed by atoms with van der Waals surface area (Å²) in [4.78, 5) is 31.1. The summed E-state index contributed by atoms with van der Waals surface area (Å²) in [5, 5.41) is 5.37. The van der Waals surface area contributed by atoms with E-state index in [1.54, 1.807) is 11.9 Å². The summed E-state index contributed by atoms with van der Waals surface area (Å²) in [6.07, 6.45) is 1.99. The zero-order chi connectivity index (χ0) is 23.6. The first-order chi connectivity index (χ1) is 15.8. The van der Waals surface area contributed by atoms with E-state index < -0.39 is 5.41 Å². The van der Waals surface area contributed by atoms with Gasteiger partial charge in [-0.1, -0.05) is 25.1 Å². The summed E-state index contributed by atoms with van der Waals surface area (Å²) in [7, 11) is 1.80. The molecule has 1 N–H and O–H groups in total. The van der Waals surface area contributed by atoms with Crippen molar-refractivity contribution >= 4 is 34.0 Å². The summed E-state index contributed by atoms with van der Waals surface area (Å²) >= 11 is 1.39. The number of carbonyl (C=O) groups excluding carboxylic acids is 2. The maximum Gasteiger partial charge on any atom is 0.236 e. The SMILES string of the molecule is CCc1ccc(OCCCC(=O)Nc2nc(-c3ccc4c(c3)C(C)(C)C(=O)N4C)cs2)cc1. The number of hydrogen-bond donors (Lipinski definition) is 1. The van der Waals surface area contributed by atoms with Crippen LogP contribution in [0.4, 0.5) is 10.8 Å². The molecule has 0 unspecified atom stereocenters. The van der Waals surface area contributed by atoms with Gasteiger partial charge in [0.25, 0.3) is 0 Å². The molecule has 0 saturated carbocycles. The molecule has 2 heterocycles. The van der Waals surface area contributed by atoms with E-state index in [4.69, 9.17) is 4.74 Å². The lowest BCUT2D eigenvalue weighted by Gasteiger charge is -2.16. The Labute approximate surface area is 198 Å². The summed E-state index contributed by atoms with van der Waals surface area (Å²) < 4.78 is 5.72. The molecule has 0 bridgehead atoms. The molecule has 0 spiro atoms. The van der Waals surface area contributed by atoms with Gasteiger partial charge in [-0.3, -0.25) is 9.59 Å². The van der Waals surface area contributed by atoms with Crippen molar-refractivity contribution in [2.24, 2.45) is 0 Å². The Bertz CT molecular complexity index is 1170. The molecular weight excluding hydrogens is 434 g/mol. The summed E-state index contributed by atoms with van der Waals surface area (Å²) in [6, 6.07) is 14.0. The van der Waals surface area contributed by atoms with Crippen molar-refractivity contribution in [3.63, 3.8) is 0 Å². The first kappa shape index (κ1) is 23.0. The Hall–Kier alpha value is -3.19. The monoisotopic (exact) mass is 463 g/mol. The van der Waals surface area contributed by atoms with Gasteiger partial charge in [0.1, 0.15) is 5.75 Å². The van der Waals surface area contributed by atoms with Crippen LogP contribution < -0.4 is 15.0 Å². The van der Waals surface area contributed by atoms with E-state index >= 15 is 0 Å². The Morgan fingerprint density at radius 3 is 2.67 bits per heavy atom. The van der Waals surface area contributed by atoms with Crippen LogP contribution in [0.25, 0.3) is 11.3 Å². The van der Waals surface area contributed by atoms with Gasteiger partial charge in [0.15, 0.2) is 5.13 Å². The predicted octanol–water partition coefficient (Wildman–Crippen LogP) is 5.42. The van der Waals surface area contributed by atoms with Crippen molar-refractivity contribution in [1.82, 2.24) is 4.98 Å². The second kappa shape index (κ2) is 9.35. The average Bonchev–Trinajstić information content (AvgIpc) is 3.34. The van der Waals surface area contributed by atoms with E-state index in [1.165, 1.54) is 16.9 Å². The first-order valence-corrected chi connectivity index (χ1v) is 12.1. The van der Waals surface area contributed by atoms with Crippen LogP contribution in [0.3, 0.4) is 0 Å². The molecule has 33 heavy (non-hydrogen) atoms. The molecule has 0 radical (unpaired) electrons. The number of nitrogens with one attached hydrogen (secondary N) is 1. The standard InChI is InChI=1S/C26H29N3O3S/c1-5-17-8-11-19(12-9-17)32-14-6-7-23(30)28-25-27-21(16-33-25)18-10-13-22-20(15-18)26(2,3)24(31)29(22)4/h8-13,15-16H,5-7,14H2,1-4H3,(H,27,28,30). The Morgan fingerprint density at radius 2 is 1.94 bits per heavy atom. The summed E-state index contributed by atoms with van der Waals surface area (Å²) in [6.45, 7) is 6.49. The van der Waals surface area contributed by atoms with E-state index in [2.05, 4.69) is 29.4 Å². The number of hydrogen-bond acceptors (Lipinski definition) is 5. The van der Waals surface area contributed by atoms with E-state index in [0.717, 1.165) is 34.7 Å². The lowest BCUT2D eigenvalue weighted by molar-refractivity contribution is -0.121. The quantitative estimate of drug-likeness (QED) is 0.453. The van der Waals surface area contributed by atoms with Gasteiger partial charge in [-0.15, -0.1) is 11.3 Å². The molecule has 7 heteroatoms. The van der Waals surface area contributed by atoms with Gasteiger partial charge in [-0.2, -0.15) is 0 Å². The van der Waals surface area contributed by atoms with E-state index in [9.17, 15) is 9.59 Å². The molecule has 0 fully saturated rings. The van der Waals surface area contributed by atoms with Crippen molar-refractivity contribution in [2.45, 2.75) is 45.4 Å². The maximum absolute atomic E-state index is 12.5. The van der Waals surface area contributed by atoms with Crippen LogP contribution in [0.2, 0.25) is 0 Å². The number of amides is 2. The number of anilines is 2. The van der Waals surface area contributed by atoms with Gasteiger partial charge >= 0.3 is 0 Å². The minimum atomic E-state index is -0.562. The number of likely N-dealkylation sites (N-methyl/N-ethyl adjacent to an activating group) is 1. The molecular formula is C26H29N3O3S. The maximum atomic E-state index is 12.5. The molecule has 1 aromatic heterocycles. The molecule has 1 aliphatic heterocycles. The van der Waals surface area contributed by atoms with Crippen molar-refractivity contribution in [1.29, 1.82) is 0 Å². The fourth-order valence-corrected chi connectivity index (χ4v) is 4.76. The number of aromatic nitrogens is 1. The number of benzene rings is 2. The fourth-order valence-electron chi connectivity index (χ4n) is 4.02. The average molecular weight is 464 g/mol. The smallest absolute Gasteiger partial charge is 0.236 e. The fraction of sp³-hybridized carbons (Fsp3) is 0.346. The number of thiazole rings is 1. The number of ether oxygens (including phenoxy) is 1. The van der Waals surface area contributed by atoms with Crippen LogP contribution in [-0.4, -0.2) is 30.5 Å². The molecule has 2 amide bonds. The Morgan fingerprint density at radius 1 is 1.18 bits per heavy atom. The third-order valence-corrected chi connectivity index (χ3v) is 6.82. The molecule has 6 nitrogen and oxygen atoms in total. The Balaban J connectivity index is 1.31. The van der Waals surface area contributed by atoms with Crippen LogP contribution in [0.5, 0.6) is 5.75 Å². The van der Waals surface area contributed by atoms with Crippen LogP contribution in [0, 0.1) is 0 Å². The van der Waals surface area contributed by atoms with Crippen LogP contribution >= 0.6 is 11.3 Å². The van der Waals surface area contributed by atoms with Gasteiger partial charge < -0.3 is 15.0 Å². The number of aryl methyl sites for hydroxylation is 1. The van der Waals surface area contributed by atoms with Crippen LogP contribution in [0.15, 0.2) is 47.8 Å². The number of nitrogens with zero attached hydrogens (tertiary/aromatic N) is 2. The molecule has 2 aromatic carbocycles. The summed E-state index contributed by atoms with van der Waals surface area (Å²) in [5.41, 5.74) is 4.36. The van der Waals surface area contributed by atoms with E-state index in [1.807, 2.05) is 49.6 Å². The number of carbonyl (C=O) groups is 2. The highest BCUT2D eigenvalue weighted by Gasteiger charge is 2.42. The largest absolute Gasteiger partial charge is 0.494 e. The number of fused-ring (bicyclic) bond motifs is 1. The predicted molar refractivity (Wildman–Crippen MR) is 133 cm³/mol. The van der Waals surface area contributed by atoms with Crippen molar-refractivity contribution in [3.05, 3.63) is 59.0 Å². The van der Waals surface area contributed by atoms with E-state index in [-0.39, 0.29) is 11.8 Å². The number of rotatable bonds is 8. The zero-order valence-corrected chi connectivity index (χ0v) is 20.3. The second-order valence-corrected chi connectivity index (χ2v) is 9.61. The molecule has 0 saturated heterocycles. The summed E-state index contributed by atoms with van der Waals surface area (Å²) in [5.74, 6) is 0.827. The molecule has 1 aliphatic rings. The molecule has 0 aliphatic carbocycles. The lowest BCUT2D eigenvalue weighted by Crippen LogP contribution is -2.33. The minimum absolute atomic E-state index is 0.0804. The van der Waals surface area contributed by atoms with E-state index in [0.29, 0.717) is 24.6 Å². The molecule has 4 rings (SSSR count). The topological polar surface area (TPSA) is 71.5 Å². The normalized spacial score (nSPS) is 14.3. The van der Waals surface area contributed by atoms with Gasteiger partial charge in [0.2, 0.25) is 11.8 Å². The van der Waals surface area contributed by atoms with Crippen LogP contribution in [-0.2, 0) is 21.4 Å². The van der Waals surface area contributed by atoms with Gasteiger partial charge in [0, 0.05) is 30.1 Å². The van der Waals surface area contributed by atoms with Crippen molar-refractivity contribution in [3.8, 4) is 17.0 Å². The zero-order valence-electron chi connectivity index (χ0n) is 19.5. The minimum Gasteiger partial charge on any atom is -0.494 e. The highest BCUT2D eigenvalue weighted by atomic mass is 32.1. The van der Waals surface area contributed by atoms with Crippen LogP contribution in [0.1, 0.15) is 44.7 Å². The molecule has 172 valence electrons. The third-order valence-electron chi connectivity index (χ3n) is 6.07. The van der Waals surface area contributed by atoms with Crippen molar-refractivity contribution in [2.75, 3.05) is 23.9 Å². The molecule has 0 atom stereocenters. The second-order valence-electron chi connectivity index (χ2n) is 8.76. The van der Waals surface area contributed by atoms with Gasteiger partial charge in [0.05, 0.1) is 17.7 Å².